The minimum atomic E-state index is -1.22. The number of rotatable bonds is 3. The van der Waals surface area contributed by atoms with E-state index >= 15 is 0 Å². The summed E-state index contributed by atoms with van der Waals surface area (Å²) in [7, 11) is 0. The Hall–Kier alpha value is -2.00. The Kier molecular flexibility index (Phi) is 4.24. The van der Waals surface area contributed by atoms with Crippen LogP contribution in [0.4, 0.5) is 5.69 Å². The number of likely N-dealkylation sites (tertiary alicyclic amines) is 1. The lowest BCUT2D eigenvalue weighted by Gasteiger charge is -2.21. The topological polar surface area (TPSA) is 121 Å². The summed E-state index contributed by atoms with van der Waals surface area (Å²) in [5.41, 5.74) is -0.294. The van der Waals surface area contributed by atoms with E-state index in [2.05, 4.69) is 15.9 Å². The Morgan fingerprint density at radius 3 is 2.67 bits per heavy atom. The molecule has 21 heavy (non-hydrogen) atoms. The summed E-state index contributed by atoms with van der Waals surface area (Å²) in [4.78, 5) is 34.8. The van der Waals surface area contributed by atoms with E-state index in [-0.39, 0.29) is 28.7 Å². The largest absolute Gasteiger partial charge is 0.480 e. The maximum Gasteiger partial charge on any atom is 0.326 e. The number of halogens is 1. The van der Waals surface area contributed by atoms with Crippen molar-refractivity contribution < 1.29 is 24.7 Å². The predicted molar refractivity (Wildman–Crippen MR) is 73.9 cm³/mol. The summed E-state index contributed by atoms with van der Waals surface area (Å²) in [6.45, 7) is -0.120. The van der Waals surface area contributed by atoms with Crippen LogP contribution in [0.25, 0.3) is 0 Å². The zero-order valence-corrected chi connectivity index (χ0v) is 12.2. The fourth-order valence-electron chi connectivity index (χ4n) is 2.25. The number of carbonyl (C=O) groups excluding carboxylic acids is 1. The third kappa shape index (κ3) is 2.88. The van der Waals surface area contributed by atoms with Crippen molar-refractivity contribution in [3.8, 4) is 0 Å². The first-order chi connectivity index (χ1) is 9.82. The van der Waals surface area contributed by atoms with Gasteiger partial charge >= 0.3 is 5.97 Å². The number of carboxylic acids is 1. The number of aliphatic carboxylic acids is 1. The number of hydrogen-bond donors (Lipinski definition) is 2. The van der Waals surface area contributed by atoms with Crippen LogP contribution >= 0.6 is 15.9 Å². The molecule has 1 aliphatic rings. The normalized spacial score (nSPS) is 21.3. The number of benzene rings is 1. The maximum atomic E-state index is 12.4. The van der Waals surface area contributed by atoms with E-state index in [4.69, 9.17) is 5.11 Å². The van der Waals surface area contributed by atoms with E-state index in [1.54, 1.807) is 0 Å². The van der Waals surface area contributed by atoms with Gasteiger partial charge in [0.25, 0.3) is 11.6 Å². The van der Waals surface area contributed by atoms with Crippen molar-refractivity contribution in [2.24, 2.45) is 0 Å². The van der Waals surface area contributed by atoms with E-state index in [1.807, 2.05) is 0 Å². The Bertz CT molecular complexity index is 620. The van der Waals surface area contributed by atoms with Gasteiger partial charge in [0.15, 0.2) is 0 Å². The van der Waals surface area contributed by atoms with E-state index in [0.717, 1.165) is 4.90 Å². The SMILES string of the molecule is O=C(O)C1CC(O)CN1C(=O)c1cccc([N+](=O)[O-])c1Br. The average molecular weight is 359 g/mol. The molecule has 112 valence electrons. The van der Waals surface area contributed by atoms with Gasteiger partial charge in [0.1, 0.15) is 10.5 Å². The summed E-state index contributed by atoms with van der Waals surface area (Å²) < 4.78 is -0.00877. The molecule has 0 radical (unpaired) electrons. The standard InChI is InChI=1S/C12H11BrN2O6/c13-10-7(2-1-3-8(10)15(20)21)11(17)14-5-6(16)4-9(14)12(18)19/h1-3,6,9,16H,4-5H2,(H,18,19). The number of carbonyl (C=O) groups is 2. The number of nitrogens with zero attached hydrogens (tertiary/aromatic N) is 2. The van der Waals surface area contributed by atoms with Crippen LogP contribution in [0, 0.1) is 10.1 Å². The molecule has 2 N–H and O–H groups in total. The van der Waals surface area contributed by atoms with Gasteiger partial charge in [-0.05, 0) is 22.0 Å². The Balaban J connectivity index is 2.38. The van der Waals surface area contributed by atoms with Crippen LogP contribution in [0.1, 0.15) is 16.8 Å². The van der Waals surface area contributed by atoms with Gasteiger partial charge in [-0.1, -0.05) is 6.07 Å². The van der Waals surface area contributed by atoms with E-state index < -0.39 is 28.9 Å². The molecule has 0 bridgehead atoms. The van der Waals surface area contributed by atoms with E-state index in [9.17, 15) is 24.8 Å². The maximum absolute atomic E-state index is 12.4. The summed E-state index contributed by atoms with van der Waals surface area (Å²) >= 11 is 3.00. The van der Waals surface area contributed by atoms with Crippen molar-refractivity contribution in [2.45, 2.75) is 18.6 Å². The van der Waals surface area contributed by atoms with Crippen molar-refractivity contribution in [1.29, 1.82) is 0 Å². The van der Waals surface area contributed by atoms with E-state index in [0.29, 0.717) is 0 Å². The number of nitro groups is 1. The molecule has 2 unspecified atom stereocenters. The van der Waals surface area contributed by atoms with Gasteiger partial charge < -0.3 is 15.1 Å². The minimum Gasteiger partial charge on any atom is -0.480 e. The molecule has 0 aliphatic carbocycles. The highest BCUT2D eigenvalue weighted by atomic mass is 79.9. The molecule has 1 heterocycles. The third-order valence-corrected chi connectivity index (χ3v) is 4.06. The van der Waals surface area contributed by atoms with Crippen molar-refractivity contribution in [2.75, 3.05) is 6.54 Å². The Morgan fingerprint density at radius 2 is 2.10 bits per heavy atom. The molecule has 1 aromatic rings. The summed E-state index contributed by atoms with van der Waals surface area (Å²) in [6.07, 6.45) is -0.985. The summed E-state index contributed by atoms with van der Waals surface area (Å²) in [5, 5.41) is 29.5. The number of β-amino-alcohol motifs (C(OH)–C–C–N with tert-alkyl or cyclic N) is 1. The highest BCUT2D eigenvalue weighted by molar-refractivity contribution is 9.10. The van der Waals surface area contributed by atoms with Crippen LogP contribution in [0.15, 0.2) is 22.7 Å². The molecular weight excluding hydrogens is 348 g/mol. The van der Waals surface area contributed by atoms with Gasteiger partial charge in [-0.15, -0.1) is 0 Å². The number of hydrogen-bond acceptors (Lipinski definition) is 5. The average Bonchev–Trinajstić information content (AvgIpc) is 2.80. The smallest absolute Gasteiger partial charge is 0.326 e. The molecule has 1 aliphatic heterocycles. The number of aliphatic hydroxyl groups is 1. The first-order valence-electron chi connectivity index (χ1n) is 5.97. The molecule has 1 amide bonds. The molecule has 0 aromatic heterocycles. The molecular formula is C12H11BrN2O6. The van der Waals surface area contributed by atoms with Crippen molar-refractivity contribution >= 4 is 33.5 Å². The van der Waals surface area contributed by atoms with Crippen molar-refractivity contribution in [1.82, 2.24) is 4.90 Å². The second-order valence-electron chi connectivity index (χ2n) is 4.60. The third-order valence-electron chi connectivity index (χ3n) is 3.23. The summed E-state index contributed by atoms with van der Waals surface area (Å²) in [6, 6.07) is 2.80. The lowest BCUT2D eigenvalue weighted by molar-refractivity contribution is -0.385. The van der Waals surface area contributed by atoms with Gasteiger partial charge in [-0.25, -0.2) is 4.79 Å². The van der Waals surface area contributed by atoms with Gasteiger partial charge in [-0.3, -0.25) is 14.9 Å². The second-order valence-corrected chi connectivity index (χ2v) is 5.39. The monoisotopic (exact) mass is 358 g/mol. The minimum absolute atomic E-state index is 0.00877. The molecule has 2 rings (SSSR count). The molecule has 0 spiro atoms. The fraction of sp³-hybridized carbons (Fsp3) is 0.333. The van der Waals surface area contributed by atoms with Crippen LogP contribution in [0.3, 0.4) is 0 Å². The number of carboxylic acid groups (broad SMARTS) is 1. The number of amides is 1. The fourth-order valence-corrected chi connectivity index (χ4v) is 2.83. The van der Waals surface area contributed by atoms with Crippen LogP contribution < -0.4 is 0 Å². The zero-order chi connectivity index (χ0) is 15.7. The van der Waals surface area contributed by atoms with Crippen LogP contribution in [-0.2, 0) is 4.79 Å². The van der Waals surface area contributed by atoms with Crippen molar-refractivity contribution in [3.05, 3.63) is 38.3 Å². The van der Waals surface area contributed by atoms with Gasteiger partial charge in [0, 0.05) is 19.0 Å². The molecule has 1 saturated heterocycles. The van der Waals surface area contributed by atoms with Gasteiger partial charge in [0.2, 0.25) is 0 Å². The first kappa shape index (κ1) is 15.4. The second kappa shape index (κ2) is 5.78. The van der Waals surface area contributed by atoms with Crippen molar-refractivity contribution in [3.63, 3.8) is 0 Å². The molecule has 8 nitrogen and oxygen atoms in total. The molecule has 9 heteroatoms. The Morgan fingerprint density at radius 1 is 1.43 bits per heavy atom. The first-order valence-corrected chi connectivity index (χ1v) is 6.77. The van der Waals surface area contributed by atoms with Crippen LogP contribution in [0.2, 0.25) is 0 Å². The quantitative estimate of drug-likeness (QED) is 0.614. The number of aliphatic hydroxyl groups excluding tert-OH is 1. The van der Waals surface area contributed by atoms with Gasteiger partial charge in [-0.2, -0.15) is 0 Å². The lowest BCUT2D eigenvalue weighted by atomic mass is 10.1. The predicted octanol–water partition coefficient (Wildman–Crippen LogP) is 1.02. The van der Waals surface area contributed by atoms with Crippen LogP contribution in [-0.4, -0.2) is 50.6 Å². The van der Waals surface area contributed by atoms with Gasteiger partial charge in [0.05, 0.1) is 16.6 Å². The highest BCUT2D eigenvalue weighted by Gasteiger charge is 2.40. The Labute approximate surface area is 127 Å². The summed E-state index contributed by atoms with van der Waals surface area (Å²) in [5.74, 6) is -1.89. The molecule has 0 saturated carbocycles. The molecule has 1 aromatic carbocycles. The van der Waals surface area contributed by atoms with E-state index in [1.165, 1.54) is 18.2 Å². The zero-order valence-electron chi connectivity index (χ0n) is 10.6. The molecule has 1 fully saturated rings. The lowest BCUT2D eigenvalue weighted by Crippen LogP contribution is -2.40. The van der Waals surface area contributed by atoms with Crippen LogP contribution in [0.5, 0.6) is 0 Å². The number of nitro benzene ring substituents is 1. The highest BCUT2D eigenvalue weighted by Crippen LogP contribution is 2.31. The molecule has 2 atom stereocenters.